The van der Waals surface area contributed by atoms with Crippen LogP contribution in [0.4, 0.5) is 4.39 Å². The average Bonchev–Trinajstić information content (AvgIpc) is 2.47. The maximum absolute atomic E-state index is 13.4. The topological polar surface area (TPSA) is 63.2 Å². The Morgan fingerprint density at radius 2 is 1.91 bits per heavy atom. The fourth-order valence-electron chi connectivity index (χ4n) is 1.90. The van der Waals surface area contributed by atoms with Gasteiger partial charge in [0.15, 0.2) is 9.84 Å². The highest BCUT2D eigenvalue weighted by Crippen LogP contribution is 2.12. The first-order valence-electron chi connectivity index (χ1n) is 6.61. The van der Waals surface area contributed by atoms with E-state index in [1.165, 1.54) is 30.3 Å². The highest BCUT2D eigenvalue weighted by Gasteiger charge is 2.11. The molecule has 0 fully saturated rings. The van der Waals surface area contributed by atoms with Gasteiger partial charge in [0, 0.05) is 18.4 Å². The largest absolute Gasteiger partial charge is 0.348 e. The van der Waals surface area contributed by atoms with Crippen LogP contribution in [0.3, 0.4) is 0 Å². The molecular weight excluding hydrogens is 305 g/mol. The number of rotatable bonds is 4. The first-order chi connectivity index (χ1) is 10.3. The quantitative estimate of drug-likeness (QED) is 0.941. The van der Waals surface area contributed by atoms with Gasteiger partial charge in [0.1, 0.15) is 5.82 Å². The molecule has 22 heavy (non-hydrogen) atoms. The summed E-state index contributed by atoms with van der Waals surface area (Å²) < 4.78 is 36.4. The van der Waals surface area contributed by atoms with Gasteiger partial charge in [0.05, 0.1) is 4.90 Å². The van der Waals surface area contributed by atoms with Gasteiger partial charge in [-0.1, -0.05) is 18.2 Å². The number of aryl methyl sites for hydroxylation is 1. The molecule has 2 aromatic rings. The van der Waals surface area contributed by atoms with Crippen molar-refractivity contribution in [3.63, 3.8) is 0 Å². The molecule has 6 heteroatoms. The highest BCUT2D eigenvalue weighted by molar-refractivity contribution is 7.90. The van der Waals surface area contributed by atoms with Crippen molar-refractivity contribution in [1.29, 1.82) is 0 Å². The summed E-state index contributed by atoms with van der Waals surface area (Å²) in [6.45, 7) is 1.83. The summed E-state index contributed by atoms with van der Waals surface area (Å²) in [7, 11) is -3.37. The third kappa shape index (κ3) is 3.92. The Kier molecular flexibility index (Phi) is 4.61. The fraction of sp³-hybridized carbons (Fsp3) is 0.188. The van der Waals surface area contributed by atoms with Crippen molar-refractivity contribution in [2.75, 3.05) is 6.26 Å². The molecule has 4 nitrogen and oxygen atoms in total. The smallest absolute Gasteiger partial charge is 0.251 e. The van der Waals surface area contributed by atoms with Crippen molar-refractivity contribution in [3.05, 3.63) is 65.0 Å². The van der Waals surface area contributed by atoms with Crippen LogP contribution in [0.2, 0.25) is 0 Å². The van der Waals surface area contributed by atoms with E-state index in [1.807, 2.05) is 0 Å². The van der Waals surface area contributed by atoms with E-state index < -0.39 is 15.7 Å². The number of amides is 1. The van der Waals surface area contributed by atoms with Crippen LogP contribution in [0.5, 0.6) is 0 Å². The normalized spacial score (nSPS) is 11.2. The number of carbonyl (C=O) groups is 1. The standard InChI is InChI=1S/C16H16FNO3S/c1-11-6-7-12(8-15(11)17)10-18-16(19)13-4-3-5-14(9-13)22(2,20)21/h3-9H,10H2,1-2H3,(H,18,19). The summed E-state index contributed by atoms with van der Waals surface area (Å²) in [6.07, 6.45) is 1.08. The average molecular weight is 321 g/mol. The van der Waals surface area contributed by atoms with E-state index in [0.29, 0.717) is 11.1 Å². The minimum atomic E-state index is -3.37. The molecule has 0 atom stereocenters. The monoisotopic (exact) mass is 321 g/mol. The van der Waals surface area contributed by atoms with Crippen molar-refractivity contribution in [2.45, 2.75) is 18.4 Å². The van der Waals surface area contributed by atoms with Gasteiger partial charge in [-0.05, 0) is 42.3 Å². The van der Waals surface area contributed by atoms with E-state index in [-0.39, 0.29) is 22.8 Å². The van der Waals surface area contributed by atoms with Crippen molar-refractivity contribution in [2.24, 2.45) is 0 Å². The Balaban J connectivity index is 2.11. The highest BCUT2D eigenvalue weighted by atomic mass is 32.2. The minimum absolute atomic E-state index is 0.0848. The van der Waals surface area contributed by atoms with Crippen LogP contribution < -0.4 is 5.32 Å². The van der Waals surface area contributed by atoms with Crippen molar-refractivity contribution in [1.82, 2.24) is 5.32 Å². The predicted molar refractivity (Wildman–Crippen MR) is 81.9 cm³/mol. The zero-order valence-electron chi connectivity index (χ0n) is 12.3. The third-order valence-corrected chi connectivity index (χ3v) is 4.32. The summed E-state index contributed by atoms with van der Waals surface area (Å²) in [6, 6.07) is 10.5. The Labute approximate surface area is 128 Å². The van der Waals surface area contributed by atoms with Crippen molar-refractivity contribution >= 4 is 15.7 Å². The summed E-state index contributed by atoms with van der Waals surface area (Å²) in [4.78, 5) is 12.1. The number of hydrogen-bond donors (Lipinski definition) is 1. The molecule has 0 saturated carbocycles. The zero-order chi connectivity index (χ0) is 16.3. The van der Waals surface area contributed by atoms with Gasteiger partial charge in [0.25, 0.3) is 5.91 Å². The molecule has 0 aliphatic rings. The minimum Gasteiger partial charge on any atom is -0.348 e. The molecule has 0 aromatic heterocycles. The van der Waals surface area contributed by atoms with Gasteiger partial charge in [-0.25, -0.2) is 12.8 Å². The van der Waals surface area contributed by atoms with Gasteiger partial charge < -0.3 is 5.32 Å². The number of carbonyl (C=O) groups excluding carboxylic acids is 1. The first kappa shape index (κ1) is 16.2. The molecule has 0 aliphatic heterocycles. The second-order valence-electron chi connectivity index (χ2n) is 5.07. The maximum Gasteiger partial charge on any atom is 0.251 e. The second-order valence-corrected chi connectivity index (χ2v) is 7.08. The van der Waals surface area contributed by atoms with E-state index in [4.69, 9.17) is 0 Å². The molecule has 1 amide bonds. The molecule has 0 unspecified atom stereocenters. The summed E-state index contributed by atoms with van der Waals surface area (Å²) in [5.41, 5.74) is 1.42. The lowest BCUT2D eigenvalue weighted by molar-refractivity contribution is 0.0950. The van der Waals surface area contributed by atoms with Gasteiger partial charge >= 0.3 is 0 Å². The lowest BCUT2D eigenvalue weighted by Crippen LogP contribution is -2.23. The number of hydrogen-bond acceptors (Lipinski definition) is 3. The lowest BCUT2D eigenvalue weighted by atomic mass is 10.1. The maximum atomic E-state index is 13.4. The van der Waals surface area contributed by atoms with Crippen LogP contribution in [0.1, 0.15) is 21.5 Å². The van der Waals surface area contributed by atoms with Crippen LogP contribution in [0.15, 0.2) is 47.4 Å². The molecule has 116 valence electrons. The van der Waals surface area contributed by atoms with E-state index >= 15 is 0 Å². The fourth-order valence-corrected chi connectivity index (χ4v) is 2.57. The van der Waals surface area contributed by atoms with Gasteiger partial charge in [-0.3, -0.25) is 4.79 Å². The Hall–Kier alpha value is -2.21. The molecule has 0 spiro atoms. The van der Waals surface area contributed by atoms with Crippen LogP contribution in [-0.4, -0.2) is 20.6 Å². The summed E-state index contributed by atoms with van der Waals surface area (Å²) in [5, 5.41) is 2.64. The summed E-state index contributed by atoms with van der Waals surface area (Å²) >= 11 is 0. The molecule has 2 aromatic carbocycles. The third-order valence-electron chi connectivity index (χ3n) is 3.21. The molecule has 0 heterocycles. The molecule has 0 bridgehead atoms. The summed E-state index contributed by atoms with van der Waals surface area (Å²) in [5.74, 6) is -0.739. The van der Waals surface area contributed by atoms with Crippen LogP contribution in [0, 0.1) is 12.7 Å². The van der Waals surface area contributed by atoms with Crippen LogP contribution >= 0.6 is 0 Å². The Bertz CT molecular complexity index is 816. The SMILES string of the molecule is Cc1ccc(CNC(=O)c2cccc(S(C)(=O)=O)c2)cc1F. The number of benzene rings is 2. The molecule has 0 saturated heterocycles. The van der Waals surface area contributed by atoms with Crippen LogP contribution in [-0.2, 0) is 16.4 Å². The Morgan fingerprint density at radius 3 is 2.55 bits per heavy atom. The second kappa shape index (κ2) is 6.27. The predicted octanol–water partition coefficient (Wildman–Crippen LogP) is 2.47. The zero-order valence-corrected chi connectivity index (χ0v) is 13.1. The number of nitrogens with one attached hydrogen (secondary N) is 1. The molecule has 1 N–H and O–H groups in total. The van der Waals surface area contributed by atoms with Gasteiger partial charge in [-0.15, -0.1) is 0 Å². The van der Waals surface area contributed by atoms with Crippen LogP contribution in [0.25, 0.3) is 0 Å². The molecule has 2 rings (SSSR count). The molecular formula is C16H16FNO3S. The van der Waals surface area contributed by atoms with E-state index in [0.717, 1.165) is 6.26 Å². The van der Waals surface area contributed by atoms with Gasteiger partial charge in [0.2, 0.25) is 0 Å². The van der Waals surface area contributed by atoms with E-state index in [2.05, 4.69) is 5.32 Å². The van der Waals surface area contributed by atoms with Gasteiger partial charge in [-0.2, -0.15) is 0 Å². The van der Waals surface area contributed by atoms with Crippen molar-refractivity contribution < 1.29 is 17.6 Å². The lowest BCUT2D eigenvalue weighted by Gasteiger charge is -2.07. The molecule has 0 radical (unpaired) electrons. The van der Waals surface area contributed by atoms with E-state index in [1.54, 1.807) is 19.1 Å². The number of halogens is 1. The first-order valence-corrected chi connectivity index (χ1v) is 8.50. The van der Waals surface area contributed by atoms with E-state index in [9.17, 15) is 17.6 Å². The molecule has 0 aliphatic carbocycles. The number of sulfone groups is 1. The van der Waals surface area contributed by atoms with Crippen molar-refractivity contribution in [3.8, 4) is 0 Å². The Morgan fingerprint density at radius 1 is 1.18 bits per heavy atom.